The maximum Gasteiger partial charge on any atom is 0.187 e. The second-order valence-electron chi connectivity index (χ2n) is 7.58. The first-order valence-electron chi connectivity index (χ1n) is 6.51. The summed E-state index contributed by atoms with van der Waals surface area (Å²) < 4.78 is 1.54. The molecule has 6 heteroatoms. The molecular formula is C12H30AlCl4Ti. The molecule has 0 saturated heterocycles. The molecule has 0 nitrogen and oxygen atoms in total. The van der Waals surface area contributed by atoms with E-state index in [0.717, 1.165) is 0 Å². The van der Waals surface area contributed by atoms with E-state index in [4.69, 9.17) is 37.2 Å². The van der Waals surface area contributed by atoms with E-state index in [1.54, 1.807) is 0 Å². The summed E-state index contributed by atoms with van der Waals surface area (Å²) in [4.78, 5) is 0. The van der Waals surface area contributed by atoms with E-state index in [2.05, 4.69) is 41.5 Å². The molecule has 0 heterocycles. The Balaban J connectivity index is 0. The van der Waals surface area contributed by atoms with E-state index in [-0.39, 0.29) is 35.1 Å². The molecule has 0 aliphatic rings. The Morgan fingerprint density at radius 1 is 0.611 bits per heavy atom. The fourth-order valence-electron chi connectivity index (χ4n) is 3.83. The van der Waals surface area contributed by atoms with Crippen molar-refractivity contribution in [1.82, 2.24) is 0 Å². The average molecular weight is 391 g/mol. The Hall–Kier alpha value is 2.41. The third kappa shape index (κ3) is 8.00. The molecule has 0 unspecified atom stereocenters. The van der Waals surface area contributed by atoms with Gasteiger partial charge < -0.3 is 0 Å². The summed E-state index contributed by atoms with van der Waals surface area (Å²) in [6.45, 7) is 12.4. The number of rotatable bonds is 6. The van der Waals surface area contributed by atoms with Crippen LogP contribution in [0.15, 0.2) is 0 Å². The van der Waals surface area contributed by atoms with Crippen molar-refractivity contribution in [3.63, 3.8) is 0 Å². The van der Waals surface area contributed by atoms with Crippen LogP contribution in [-0.4, -0.2) is 17.4 Å². The topological polar surface area (TPSA) is 0 Å². The van der Waals surface area contributed by atoms with Crippen LogP contribution >= 0.6 is 37.2 Å². The molecule has 0 aromatic heterocycles. The number of halogens is 4. The zero-order valence-corrected chi connectivity index (χ0v) is 16.5. The molecule has 0 rings (SSSR count). The Morgan fingerprint density at radius 2 is 0.778 bits per heavy atom. The minimum Gasteiger partial charge on any atom is 0.187 e. The van der Waals surface area contributed by atoms with Gasteiger partial charge in [0.2, 0.25) is 0 Å². The van der Waals surface area contributed by atoms with Gasteiger partial charge in [-0.05, 0) is 0 Å². The van der Waals surface area contributed by atoms with Crippen LogP contribution in [0.4, 0.5) is 0 Å². The predicted octanol–water partition coefficient (Wildman–Crippen LogP) is 6.40. The molecule has 0 aliphatic carbocycles. The molecule has 0 spiro atoms. The molecule has 113 valence electrons. The Bertz CT molecular complexity index is 269. The minimum atomic E-state index is -5.44. The van der Waals surface area contributed by atoms with E-state index < -0.39 is 8.50 Å². The predicted molar refractivity (Wildman–Crippen MR) is 92.3 cm³/mol. The molecule has 0 fully saturated rings. The largest absolute Gasteiger partial charge is 0.187 e. The fraction of sp³-hybridized carbons (Fsp3) is 1.00. The van der Waals surface area contributed by atoms with Gasteiger partial charge in [0.1, 0.15) is 0 Å². The first kappa shape index (κ1) is 22.7. The van der Waals surface area contributed by atoms with Crippen molar-refractivity contribution < 1.29 is 8.50 Å². The molecule has 0 N–H and O–H groups in total. The number of hydrogen-bond acceptors (Lipinski definition) is 0. The normalized spacial score (nSPS) is 19.1. The molecule has 0 aliphatic heterocycles. The van der Waals surface area contributed by atoms with Gasteiger partial charge in [-0.2, -0.15) is 0 Å². The van der Waals surface area contributed by atoms with Crippen LogP contribution in [0.1, 0.15) is 41.5 Å². The first-order chi connectivity index (χ1) is 7.00. The molecule has 0 radical (unpaired) electrons. The average Bonchev–Trinajstić information content (AvgIpc) is 1.69. The van der Waals surface area contributed by atoms with E-state index >= 15 is 0 Å². The van der Waals surface area contributed by atoms with Crippen LogP contribution in [0.3, 0.4) is 0 Å². The second kappa shape index (κ2) is 5.24. The zero-order valence-electron chi connectivity index (χ0n) is 11.9. The molecule has 0 bridgehead atoms. The summed E-state index contributed by atoms with van der Waals surface area (Å²) in [5.41, 5.74) is 0. The monoisotopic (exact) mass is 389 g/mol. The third-order valence-electron chi connectivity index (χ3n) is 3.02. The van der Waals surface area contributed by atoms with Crippen LogP contribution in [0.5, 0.6) is 0 Å². The van der Waals surface area contributed by atoms with Crippen molar-refractivity contribution >= 4 is 54.6 Å². The summed E-state index contributed by atoms with van der Waals surface area (Å²) in [6.07, 6.45) is 0. The van der Waals surface area contributed by atoms with Crippen molar-refractivity contribution in [2.24, 2.45) is 17.8 Å². The van der Waals surface area contributed by atoms with Gasteiger partial charge in [0, 0.05) is 0 Å². The standard InChI is InChI=1S/3C4H9.Al.4ClH.Ti.3H/c3*1-4(2)3;;;;;;;;;/h3*4H,1H2,2-3H3;;4*1H;;;;/q;;;;;;;;+4;;;/p-4. The zero-order chi connectivity index (χ0) is 14.2. The molecule has 0 saturated carbocycles. The third-order valence-corrected chi connectivity index (χ3v) is 20.1. The first-order valence-corrected chi connectivity index (χ1v) is 18.4. The van der Waals surface area contributed by atoms with Crippen molar-refractivity contribution in [3.05, 3.63) is 0 Å². The summed E-state index contributed by atoms with van der Waals surface area (Å²) >= 11 is 0. The Morgan fingerprint density at radius 3 is 0.889 bits per heavy atom. The van der Waals surface area contributed by atoms with Crippen LogP contribution in [0.25, 0.3) is 0 Å². The van der Waals surface area contributed by atoms with Crippen LogP contribution < -0.4 is 0 Å². The molecule has 0 aromatic rings. The maximum absolute atomic E-state index is 6.97. The molecule has 0 amide bonds. The van der Waals surface area contributed by atoms with Gasteiger partial charge in [0.25, 0.3) is 0 Å². The van der Waals surface area contributed by atoms with Crippen molar-refractivity contribution in [3.8, 4) is 0 Å². The summed E-state index contributed by atoms with van der Waals surface area (Å²) in [5, 5.41) is 0. The van der Waals surface area contributed by atoms with Crippen molar-refractivity contribution in [1.29, 1.82) is 0 Å². The van der Waals surface area contributed by atoms with Gasteiger partial charge in [-0.15, -0.1) is 0 Å². The van der Waals surface area contributed by atoms with E-state index in [0.29, 0.717) is 14.2 Å². The van der Waals surface area contributed by atoms with Crippen LogP contribution in [-0.2, 0) is 8.50 Å². The number of hydrogen-bond donors (Lipinski definition) is 0. The molecule has 0 atom stereocenters. The SMILES string of the molecule is CC(C)[CH2][Ti]([Cl])([Cl])([Cl])([Cl])([CH2]C(C)C)[CH2]C(C)C.[AlH3]. The Labute approximate surface area is 135 Å². The van der Waals surface area contributed by atoms with Crippen molar-refractivity contribution in [2.45, 2.75) is 55.7 Å². The minimum absolute atomic E-state index is 0. The van der Waals surface area contributed by atoms with E-state index in [1.807, 2.05) is 0 Å². The van der Waals surface area contributed by atoms with Gasteiger partial charge >= 0.3 is 119 Å². The van der Waals surface area contributed by atoms with Gasteiger partial charge in [0.15, 0.2) is 17.4 Å². The quantitative estimate of drug-likeness (QED) is 0.460. The smallest absolute Gasteiger partial charge is 0.187 e. The summed E-state index contributed by atoms with van der Waals surface area (Å²) in [6, 6.07) is 0. The van der Waals surface area contributed by atoms with Crippen LogP contribution in [0, 0.1) is 17.8 Å². The van der Waals surface area contributed by atoms with E-state index in [9.17, 15) is 0 Å². The molecule has 0 aromatic carbocycles. The van der Waals surface area contributed by atoms with Crippen molar-refractivity contribution in [2.75, 3.05) is 0 Å². The van der Waals surface area contributed by atoms with Gasteiger partial charge in [0.05, 0.1) is 0 Å². The van der Waals surface area contributed by atoms with Gasteiger partial charge in [-0.25, -0.2) is 0 Å². The van der Waals surface area contributed by atoms with Gasteiger partial charge in [-0.3, -0.25) is 0 Å². The van der Waals surface area contributed by atoms with E-state index in [1.165, 1.54) is 0 Å². The second-order valence-corrected chi connectivity index (χ2v) is 45.5. The molecule has 18 heavy (non-hydrogen) atoms. The maximum atomic E-state index is 6.97. The summed E-state index contributed by atoms with van der Waals surface area (Å²) in [7, 11) is 22.4. The Kier molecular flexibility index (Phi) is 6.61. The fourth-order valence-corrected chi connectivity index (χ4v) is 31.1. The van der Waals surface area contributed by atoms with Gasteiger partial charge in [-0.1, -0.05) is 0 Å². The molecular weight excluding hydrogens is 361 g/mol. The van der Waals surface area contributed by atoms with Crippen LogP contribution in [0.2, 0.25) is 14.2 Å². The summed E-state index contributed by atoms with van der Waals surface area (Å²) in [5.74, 6) is 0.856.